The van der Waals surface area contributed by atoms with Gasteiger partial charge >= 0.3 is 6.09 Å². The maximum Gasteiger partial charge on any atom is 0.407 e. The fraction of sp³-hybridized carbons (Fsp3) is 0.923. The van der Waals surface area contributed by atoms with Crippen LogP contribution in [0.25, 0.3) is 0 Å². The number of hydrogen-bond donors (Lipinski definition) is 2. The summed E-state index contributed by atoms with van der Waals surface area (Å²) in [6.07, 6.45) is 1.14. The number of rotatable bonds is 2. The van der Waals surface area contributed by atoms with E-state index in [1.165, 1.54) is 0 Å². The number of nitrogens with two attached hydrogens (primary N) is 1. The molecule has 4 aliphatic rings. The highest BCUT2D eigenvalue weighted by Crippen LogP contribution is 2.61. The molecule has 0 aromatic carbocycles. The Morgan fingerprint density at radius 1 is 1.37 bits per heavy atom. The predicted octanol–water partition coefficient (Wildman–Crippen LogP) is 0.540. The zero-order valence-corrected chi connectivity index (χ0v) is 11.7. The Balaban J connectivity index is 1.54. The van der Waals surface area contributed by atoms with Crippen LogP contribution in [-0.4, -0.2) is 48.2 Å². The molecule has 4 fully saturated rings. The number of nitrogens with one attached hydrogen (secondary N) is 1. The van der Waals surface area contributed by atoms with Crippen LogP contribution in [-0.2, 0) is 14.2 Å². The summed E-state index contributed by atoms with van der Waals surface area (Å²) in [6.45, 7) is 7.10. The van der Waals surface area contributed by atoms with Crippen molar-refractivity contribution in [2.45, 2.75) is 56.0 Å². The molecule has 6 heteroatoms. The van der Waals surface area contributed by atoms with Gasteiger partial charge in [0.1, 0.15) is 11.2 Å². The van der Waals surface area contributed by atoms with Crippen LogP contribution in [0, 0.1) is 0 Å². The van der Waals surface area contributed by atoms with Crippen molar-refractivity contribution in [1.29, 1.82) is 0 Å². The summed E-state index contributed by atoms with van der Waals surface area (Å²) in [5.74, 6) is 0. The van der Waals surface area contributed by atoms with Gasteiger partial charge in [-0.25, -0.2) is 4.79 Å². The number of carbonyl (C=O) groups excluding carboxylic acids is 1. The first-order valence-electron chi connectivity index (χ1n) is 6.72. The molecule has 0 unspecified atom stereocenters. The van der Waals surface area contributed by atoms with Gasteiger partial charge in [0.05, 0.1) is 30.9 Å². The lowest BCUT2D eigenvalue weighted by molar-refractivity contribution is -0.204. The smallest absolute Gasteiger partial charge is 0.407 e. The molecule has 3 heterocycles. The van der Waals surface area contributed by atoms with E-state index in [-0.39, 0.29) is 16.7 Å². The molecule has 108 valence electrons. The molecular formula is C13H22N2O4. The third kappa shape index (κ3) is 1.93. The van der Waals surface area contributed by atoms with Crippen molar-refractivity contribution in [1.82, 2.24) is 5.32 Å². The first kappa shape index (κ1) is 13.1. The zero-order chi connectivity index (χ0) is 13.9. The van der Waals surface area contributed by atoms with Crippen molar-refractivity contribution >= 4 is 6.09 Å². The van der Waals surface area contributed by atoms with Crippen LogP contribution in [0.4, 0.5) is 4.79 Å². The second-order valence-corrected chi connectivity index (χ2v) is 7.14. The van der Waals surface area contributed by atoms with Crippen LogP contribution in [0.15, 0.2) is 0 Å². The number of ether oxygens (including phenoxy) is 3. The van der Waals surface area contributed by atoms with Crippen LogP contribution in [0.3, 0.4) is 0 Å². The van der Waals surface area contributed by atoms with Crippen LogP contribution in [0.5, 0.6) is 0 Å². The highest BCUT2D eigenvalue weighted by atomic mass is 16.6. The largest absolute Gasteiger partial charge is 0.444 e. The lowest BCUT2D eigenvalue weighted by Gasteiger charge is -2.48. The second-order valence-electron chi connectivity index (χ2n) is 7.14. The fourth-order valence-corrected chi connectivity index (χ4v) is 3.35. The second kappa shape index (κ2) is 3.62. The van der Waals surface area contributed by atoms with Gasteiger partial charge in [-0.05, 0) is 33.6 Å². The molecule has 0 aromatic heterocycles. The van der Waals surface area contributed by atoms with E-state index in [1.807, 2.05) is 20.8 Å². The Bertz CT molecular complexity index is 405. The first-order chi connectivity index (χ1) is 8.68. The number of carbonyl (C=O) groups is 1. The van der Waals surface area contributed by atoms with E-state index in [0.717, 1.165) is 12.8 Å². The van der Waals surface area contributed by atoms with Crippen molar-refractivity contribution in [2.75, 3.05) is 19.8 Å². The molecule has 0 radical (unpaired) electrons. The van der Waals surface area contributed by atoms with Crippen LogP contribution in [0.2, 0.25) is 0 Å². The van der Waals surface area contributed by atoms with Gasteiger partial charge in [-0.3, -0.25) is 0 Å². The van der Waals surface area contributed by atoms with Crippen molar-refractivity contribution in [3.05, 3.63) is 0 Å². The Morgan fingerprint density at radius 3 is 2.42 bits per heavy atom. The zero-order valence-electron chi connectivity index (χ0n) is 11.7. The van der Waals surface area contributed by atoms with Crippen molar-refractivity contribution in [3.8, 4) is 0 Å². The van der Waals surface area contributed by atoms with Gasteiger partial charge < -0.3 is 25.3 Å². The van der Waals surface area contributed by atoms with Crippen LogP contribution < -0.4 is 11.1 Å². The lowest BCUT2D eigenvalue weighted by Crippen LogP contribution is -2.69. The summed E-state index contributed by atoms with van der Waals surface area (Å²) < 4.78 is 16.6. The summed E-state index contributed by atoms with van der Waals surface area (Å²) in [5.41, 5.74) is 4.92. The molecule has 3 N–H and O–H groups in total. The molecule has 19 heavy (non-hydrogen) atoms. The summed E-state index contributed by atoms with van der Waals surface area (Å²) in [7, 11) is 0. The van der Waals surface area contributed by atoms with Crippen LogP contribution in [0.1, 0.15) is 33.6 Å². The van der Waals surface area contributed by atoms with Gasteiger partial charge in [-0.15, -0.1) is 0 Å². The summed E-state index contributed by atoms with van der Waals surface area (Å²) >= 11 is 0. The Kier molecular flexibility index (Phi) is 2.51. The summed E-state index contributed by atoms with van der Waals surface area (Å²) in [5, 5.41) is 2.78. The van der Waals surface area contributed by atoms with Gasteiger partial charge in [0.15, 0.2) is 0 Å². The summed E-state index contributed by atoms with van der Waals surface area (Å²) in [6, 6.07) is 0. The van der Waals surface area contributed by atoms with Crippen molar-refractivity contribution in [3.63, 3.8) is 0 Å². The third-order valence-corrected chi connectivity index (χ3v) is 4.22. The molecule has 3 saturated heterocycles. The van der Waals surface area contributed by atoms with Crippen LogP contribution >= 0.6 is 0 Å². The SMILES string of the molecule is CC(C)(C)OC(=O)NCC12CC(N)(C1)C1(COC1)O2. The van der Waals surface area contributed by atoms with Gasteiger partial charge in [-0.1, -0.05) is 0 Å². The Morgan fingerprint density at radius 2 is 2.00 bits per heavy atom. The molecule has 0 atom stereocenters. The first-order valence-corrected chi connectivity index (χ1v) is 6.72. The molecule has 3 aliphatic heterocycles. The predicted molar refractivity (Wildman–Crippen MR) is 67.8 cm³/mol. The summed E-state index contributed by atoms with van der Waals surface area (Å²) in [4.78, 5) is 11.7. The third-order valence-electron chi connectivity index (χ3n) is 4.22. The van der Waals surface area contributed by atoms with Gasteiger partial charge in [0.25, 0.3) is 0 Å². The molecule has 1 amide bonds. The van der Waals surface area contributed by atoms with Gasteiger partial charge in [-0.2, -0.15) is 0 Å². The van der Waals surface area contributed by atoms with Crippen molar-refractivity contribution < 1.29 is 19.0 Å². The van der Waals surface area contributed by atoms with E-state index >= 15 is 0 Å². The van der Waals surface area contributed by atoms with Gasteiger partial charge in [0.2, 0.25) is 0 Å². The molecule has 6 nitrogen and oxygen atoms in total. The van der Waals surface area contributed by atoms with E-state index in [9.17, 15) is 4.79 Å². The maximum atomic E-state index is 11.7. The molecular weight excluding hydrogens is 248 g/mol. The van der Waals surface area contributed by atoms with Gasteiger partial charge in [0, 0.05) is 0 Å². The van der Waals surface area contributed by atoms with E-state index in [0.29, 0.717) is 19.8 Å². The minimum Gasteiger partial charge on any atom is -0.444 e. The molecule has 1 aliphatic carbocycles. The topological polar surface area (TPSA) is 82.8 Å². The minimum atomic E-state index is -0.488. The standard InChI is InChI=1S/C13H22N2O4/c1-10(2,3)18-9(16)15-6-11-4-12(14,5-11)13(19-11)7-17-8-13/h4-8,14H2,1-3H3,(H,15,16). The highest BCUT2D eigenvalue weighted by molar-refractivity contribution is 5.67. The molecule has 1 saturated carbocycles. The number of alkyl carbamates (subject to hydrolysis) is 1. The Labute approximate surface area is 112 Å². The molecule has 2 bridgehead atoms. The van der Waals surface area contributed by atoms with Crippen molar-refractivity contribution in [2.24, 2.45) is 5.73 Å². The normalized spacial score (nSPS) is 38.5. The maximum absolute atomic E-state index is 11.7. The monoisotopic (exact) mass is 270 g/mol. The average Bonchev–Trinajstić information content (AvgIpc) is 2.55. The number of amides is 1. The average molecular weight is 270 g/mol. The van der Waals surface area contributed by atoms with E-state index in [1.54, 1.807) is 0 Å². The molecule has 1 spiro atoms. The highest BCUT2D eigenvalue weighted by Gasteiger charge is 2.75. The molecule has 0 aromatic rings. The van der Waals surface area contributed by atoms with E-state index in [2.05, 4.69) is 5.32 Å². The quantitative estimate of drug-likeness (QED) is 0.765. The van der Waals surface area contributed by atoms with E-state index in [4.69, 9.17) is 19.9 Å². The van der Waals surface area contributed by atoms with E-state index < -0.39 is 11.7 Å². The minimum absolute atomic E-state index is 0.277. The molecule has 4 rings (SSSR count). The fourth-order valence-electron chi connectivity index (χ4n) is 3.35. The lowest BCUT2D eigenvalue weighted by atomic mass is 9.62. The number of hydrogen-bond acceptors (Lipinski definition) is 5. The Hall–Kier alpha value is -0.850.